The second kappa shape index (κ2) is 7.57. The van der Waals surface area contributed by atoms with Crippen molar-refractivity contribution in [2.24, 2.45) is 5.41 Å². The van der Waals surface area contributed by atoms with Gasteiger partial charge in [-0.3, -0.25) is 9.59 Å². The quantitative estimate of drug-likeness (QED) is 0.907. The first-order valence-corrected chi connectivity index (χ1v) is 8.25. The van der Waals surface area contributed by atoms with Gasteiger partial charge in [-0.05, 0) is 43.9 Å². The van der Waals surface area contributed by atoms with Gasteiger partial charge in [0.15, 0.2) is 0 Å². The van der Waals surface area contributed by atoms with Crippen molar-refractivity contribution in [1.29, 1.82) is 0 Å². The number of carbonyl (C=O) groups excluding carboxylic acids is 2. The maximum Gasteiger partial charge on any atom is 0.227 e. The van der Waals surface area contributed by atoms with Gasteiger partial charge in [-0.25, -0.2) is 4.39 Å². The summed E-state index contributed by atoms with van der Waals surface area (Å²) >= 11 is 0. The second-order valence-electron chi connectivity index (χ2n) is 6.54. The van der Waals surface area contributed by atoms with E-state index >= 15 is 0 Å². The predicted octanol–water partition coefficient (Wildman–Crippen LogP) is 2.87. The number of piperidine rings is 1. The first kappa shape index (κ1) is 17.4. The van der Waals surface area contributed by atoms with E-state index in [4.69, 9.17) is 0 Å². The van der Waals surface area contributed by atoms with Gasteiger partial charge in [-0.15, -0.1) is 0 Å². The maximum atomic E-state index is 13.2. The summed E-state index contributed by atoms with van der Waals surface area (Å²) in [5.74, 6) is -0.260. The summed E-state index contributed by atoms with van der Waals surface area (Å²) in [6, 6.07) is 6.21. The summed E-state index contributed by atoms with van der Waals surface area (Å²) in [6.07, 6.45) is 2.94. The van der Waals surface area contributed by atoms with Crippen molar-refractivity contribution in [2.45, 2.75) is 46.1 Å². The Hall–Kier alpha value is -1.91. The lowest BCUT2D eigenvalue weighted by Gasteiger charge is -2.39. The molecule has 1 aliphatic rings. The van der Waals surface area contributed by atoms with Crippen molar-refractivity contribution in [2.75, 3.05) is 13.1 Å². The van der Waals surface area contributed by atoms with Crippen LogP contribution < -0.4 is 5.32 Å². The molecule has 1 aliphatic heterocycles. The van der Waals surface area contributed by atoms with Gasteiger partial charge in [0.1, 0.15) is 5.82 Å². The van der Waals surface area contributed by atoms with E-state index in [1.807, 2.05) is 13.8 Å². The molecule has 1 aromatic rings. The Morgan fingerprint density at radius 3 is 2.87 bits per heavy atom. The van der Waals surface area contributed by atoms with Gasteiger partial charge in [-0.1, -0.05) is 19.1 Å². The summed E-state index contributed by atoms with van der Waals surface area (Å²) in [5, 5.41) is 2.88. The van der Waals surface area contributed by atoms with Crippen LogP contribution >= 0.6 is 0 Å². The van der Waals surface area contributed by atoms with Gasteiger partial charge in [-0.2, -0.15) is 0 Å². The van der Waals surface area contributed by atoms with Gasteiger partial charge in [0.25, 0.3) is 0 Å². The molecule has 0 radical (unpaired) electrons. The summed E-state index contributed by atoms with van der Waals surface area (Å²) in [4.78, 5) is 26.4. The summed E-state index contributed by atoms with van der Waals surface area (Å²) < 4.78 is 13.2. The molecule has 0 saturated carbocycles. The molecule has 2 rings (SSSR count). The van der Waals surface area contributed by atoms with E-state index in [-0.39, 0.29) is 17.6 Å². The van der Waals surface area contributed by atoms with Crippen LogP contribution in [0.2, 0.25) is 0 Å². The zero-order valence-corrected chi connectivity index (χ0v) is 13.9. The molecule has 126 valence electrons. The minimum Gasteiger partial charge on any atom is -0.351 e. The number of nitrogens with zero attached hydrogens (tertiary/aromatic N) is 1. The zero-order chi connectivity index (χ0) is 16.9. The first-order chi connectivity index (χ1) is 10.9. The van der Waals surface area contributed by atoms with E-state index in [1.54, 1.807) is 17.0 Å². The van der Waals surface area contributed by atoms with Crippen LogP contribution in [0.5, 0.6) is 0 Å². The molecule has 0 aliphatic carbocycles. The van der Waals surface area contributed by atoms with Crippen LogP contribution in [-0.4, -0.2) is 29.8 Å². The lowest BCUT2D eigenvalue weighted by Crippen LogP contribution is -2.51. The fraction of sp³-hybridized carbons (Fsp3) is 0.556. The standard InChI is InChI=1S/C18H25FN2O2/c1-3-6-16(22)21-10-5-9-18(2,13-21)17(23)20-12-14-7-4-8-15(19)11-14/h4,7-8,11H,3,5-6,9-10,12-13H2,1-2H3,(H,20,23)/t18-/m0/s1. The molecule has 1 heterocycles. The van der Waals surface area contributed by atoms with E-state index in [2.05, 4.69) is 5.32 Å². The molecule has 1 saturated heterocycles. The monoisotopic (exact) mass is 320 g/mol. The third-order valence-electron chi connectivity index (χ3n) is 4.40. The Kier molecular flexibility index (Phi) is 5.74. The molecule has 0 spiro atoms. The van der Waals surface area contributed by atoms with Crippen molar-refractivity contribution in [1.82, 2.24) is 10.2 Å². The second-order valence-corrected chi connectivity index (χ2v) is 6.54. The van der Waals surface area contributed by atoms with Crippen molar-refractivity contribution < 1.29 is 14.0 Å². The average Bonchev–Trinajstić information content (AvgIpc) is 2.53. The number of nitrogens with one attached hydrogen (secondary N) is 1. The predicted molar refractivity (Wildman–Crippen MR) is 87.1 cm³/mol. The molecular weight excluding hydrogens is 295 g/mol. The molecule has 0 unspecified atom stereocenters. The van der Waals surface area contributed by atoms with E-state index in [9.17, 15) is 14.0 Å². The topological polar surface area (TPSA) is 49.4 Å². The van der Waals surface area contributed by atoms with Crippen LogP contribution in [0.15, 0.2) is 24.3 Å². The molecule has 2 amide bonds. The van der Waals surface area contributed by atoms with Crippen LogP contribution in [0.25, 0.3) is 0 Å². The third kappa shape index (κ3) is 4.53. The molecule has 1 aromatic carbocycles. The molecular formula is C18H25FN2O2. The Labute approximate surface area is 137 Å². The normalized spacial score (nSPS) is 21.1. The molecule has 1 N–H and O–H groups in total. The molecule has 0 bridgehead atoms. The fourth-order valence-corrected chi connectivity index (χ4v) is 3.05. The van der Waals surface area contributed by atoms with E-state index in [1.165, 1.54) is 12.1 Å². The number of benzene rings is 1. The number of hydrogen-bond acceptors (Lipinski definition) is 2. The number of likely N-dealkylation sites (tertiary alicyclic amines) is 1. The van der Waals surface area contributed by atoms with Gasteiger partial charge in [0, 0.05) is 26.1 Å². The Morgan fingerprint density at radius 2 is 2.17 bits per heavy atom. The Bertz CT molecular complexity index is 576. The molecule has 4 nitrogen and oxygen atoms in total. The van der Waals surface area contributed by atoms with Crippen molar-refractivity contribution in [3.63, 3.8) is 0 Å². The highest BCUT2D eigenvalue weighted by molar-refractivity contribution is 5.84. The molecule has 5 heteroatoms. The minimum atomic E-state index is -0.574. The van der Waals surface area contributed by atoms with Crippen LogP contribution in [0.1, 0.15) is 45.1 Å². The average molecular weight is 320 g/mol. The summed E-state index contributed by atoms with van der Waals surface area (Å²) in [6.45, 7) is 5.37. The zero-order valence-electron chi connectivity index (χ0n) is 13.9. The number of hydrogen-bond donors (Lipinski definition) is 1. The highest BCUT2D eigenvalue weighted by Gasteiger charge is 2.38. The van der Waals surface area contributed by atoms with E-state index in [0.717, 1.165) is 31.4 Å². The van der Waals surface area contributed by atoms with E-state index < -0.39 is 5.41 Å². The van der Waals surface area contributed by atoms with E-state index in [0.29, 0.717) is 19.5 Å². The Morgan fingerprint density at radius 1 is 1.39 bits per heavy atom. The van der Waals surface area contributed by atoms with Crippen molar-refractivity contribution in [3.05, 3.63) is 35.6 Å². The largest absolute Gasteiger partial charge is 0.351 e. The molecule has 1 atom stereocenters. The van der Waals surface area contributed by atoms with Crippen LogP contribution in [0.3, 0.4) is 0 Å². The molecule has 23 heavy (non-hydrogen) atoms. The lowest BCUT2D eigenvalue weighted by molar-refractivity contribution is -0.140. The van der Waals surface area contributed by atoms with Gasteiger partial charge < -0.3 is 10.2 Å². The molecule has 0 aromatic heterocycles. The summed E-state index contributed by atoms with van der Waals surface area (Å²) in [5.41, 5.74) is 0.159. The van der Waals surface area contributed by atoms with Gasteiger partial charge >= 0.3 is 0 Å². The Balaban J connectivity index is 1.95. The van der Waals surface area contributed by atoms with Crippen LogP contribution in [-0.2, 0) is 16.1 Å². The minimum absolute atomic E-state index is 0.0734. The maximum absolute atomic E-state index is 13.2. The SMILES string of the molecule is CCCC(=O)N1CCC[C@](C)(C(=O)NCc2cccc(F)c2)C1. The number of halogens is 1. The lowest BCUT2D eigenvalue weighted by atomic mass is 9.80. The summed E-state index contributed by atoms with van der Waals surface area (Å²) in [7, 11) is 0. The van der Waals surface area contributed by atoms with Crippen molar-refractivity contribution >= 4 is 11.8 Å². The highest BCUT2D eigenvalue weighted by Crippen LogP contribution is 2.30. The number of carbonyl (C=O) groups is 2. The molecule has 1 fully saturated rings. The number of amides is 2. The number of rotatable bonds is 5. The van der Waals surface area contributed by atoms with Gasteiger partial charge in [0.2, 0.25) is 11.8 Å². The van der Waals surface area contributed by atoms with Gasteiger partial charge in [0.05, 0.1) is 5.41 Å². The third-order valence-corrected chi connectivity index (χ3v) is 4.40. The smallest absolute Gasteiger partial charge is 0.227 e. The fourth-order valence-electron chi connectivity index (χ4n) is 3.05. The highest BCUT2D eigenvalue weighted by atomic mass is 19.1. The van der Waals surface area contributed by atoms with Crippen LogP contribution in [0.4, 0.5) is 4.39 Å². The van der Waals surface area contributed by atoms with Crippen LogP contribution in [0, 0.1) is 11.2 Å². The first-order valence-electron chi connectivity index (χ1n) is 8.25. The van der Waals surface area contributed by atoms with Crippen molar-refractivity contribution in [3.8, 4) is 0 Å².